The summed E-state index contributed by atoms with van der Waals surface area (Å²) in [6, 6.07) is 1.60. The molecule has 1 aromatic rings. The molecule has 0 aromatic heterocycles. The van der Waals surface area contributed by atoms with Crippen molar-refractivity contribution in [3.05, 3.63) is 16.1 Å². The van der Waals surface area contributed by atoms with Crippen molar-refractivity contribution in [2.45, 2.75) is 6.42 Å². The highest BCUT2D eigenvalue weighted by Gasteiger charge is 2.30. The second-order valence-electron chi connectivity index (χ2n) is 3.78. The first-order valence-electron chi connectivity index (χ1n) is 5.50. The van der Waals surface area contributed by atoms with Gasteiger partial charge < -0.3 is 19.3 Å². The third kappa shape index (κ3) is 2.51. The Labute approximate surface area is 117 Å². The first-order chi connectivity index (χ1) is 9.06. The predicted octanol–water partition coefficient (Wildman–Crippen LogP) is 1.89. The molecule has 0 atom stereocenters. The molecule has 0 spiro atoms. The fourth-order valence-corrected chi connectivity index (χ4v) is 2.34. The minimum absolute atomic E-state index is 0.116. The van der Waals surface area contributed by atoms with Crippen molar-refractivity contribution in [1.29, 1.82) is 0 Å². The Morgan fingerprint density at radius 2 is 2.05 bits per heavy atom. The highest BCUT2D eigenvalue weighted by Crippen LogP contribution is 2.44. The summed E-state index contributed by atoms with van der Waals surface area (Å²) in [7, 11) is 1.35. The highest BCUT2D eigenvalue weighted by molar-refractivity contribution is 9.10. The second-order valence-corrected chi connectivity index (χ2v) is 4.63. The number of carboxylic acid groups (broad SMARTS) is 1. The van der Waals surface area contributed by atoms with E-state index in [-0.39, 0.29) is 17.1 Å². The quantitative estimate of drug-likeness (QED) is 0.673. The first-order valence-corrected chi connectivity index (χ1v) is 6.29. The van der Waals surface area contributed by atoms with Crippen LogP contribution < -0.4 is 14.2 Å². The van der Waals surface area contributed by atoms with Gasteiger partial charge >= 0.3 is 5.97 Å². The van der Waals surface area contributed by atoms with Crippen LogP contribution >= 0.6 is 15.9 Å². The SMILES string of the molecule is COc1c(Br)cc2c(c1C(=O)C(=O)O)OCCCO2. The molecular weight excluding hydrogens is 320 g/mol. The van der Waals surface area contributed by atoms with Gasteiger partial charge in [0.1, 0.15) is 11.3 Å². The van der Waals surface area contributed by atoms with Crippen LogP contribution in [-0.4, -0.2) is 37.2 Å². The first kappa shape index (κ1) is 13.7. The van der Waals surface area contributed by atoms with Gasteiger partial charge in [-0.2, -0.15) is 0 Å². The minimum atomic E-state index is -1.58. The van der Waals surface area contributed by atoms with Crippen LogP contribution in [0.25, 0.3) is 0 Å². The average molecular weight is 331 g/mol. The third-order valence-electron chi connectivity index (χ3n) is 2.57. The summed E-state index contributed by atoms with van der Waals surface area (Å²) in [5, 5.41) is 8.90. The number of halogens is 1. The van der Waals surface area contributed by atoms with Gasteiger partial charge in [0.25, 0.3) is 5.78 Å². The number of fused-ring (bicyclic) bond motifs is 1. The summed E-state index contributed by atoms with van der Waals surface area (Å²) >= 11 is 3.22. The van der Waals surface area contributed by atoms with Crippen LogP contribution in [0.15, 0.2) is 10.5 Å². The van der Waals surface area contributed by atoms with Gasteiger partial charge in [-0.05, 0) is 15.9 Å². The molecule has 0 amide bonds. The Morgan fingerprint density at radius 3 is 2.68 bits per heavy atom. The lowest BCUT2D eigenvalue weighted by molar-refractivity contribution is -0.131. The fourth-order valence-electron chi connectivity index (χ4n) is 1.77. The van der Waals surface area contributed by atoms with E-state index in [0.717, 1.165) is 0 Å². The molecule has 102 valence electrons. The van der Waals surface area contributed by atoms with Crippen LogP contribution in [-0.2, 0) is 4.79 Å². The van der Waals surface area contributed by atoms with Crippen molar-refractivity contribution in [1.82, 2.24) is 0 Å². The number of methoxy groups -OCH3 is 1. The topological polar surface area (TPSA) is 82.1 Å². The van der Waals surface area contributed by atoms with Crippen LogP contribution in [0.3, 0.4) is 0 Å². The van der Waals surface area contributed by atoms with E-state index in [0.29, 0.717) is 29.9 Å². The van der Waals surface area contributed by atoms with E-state index in [1.807, 2.05) is 0 Å². The zero-order chi connectivity index (χ0) is 14.0. The van der Waals surface area contributed by atoms with E-state index < -0.39 is 11.8 Å². The number of benzene rings is 1. The Hall–Kier alpha value is -1.76. The van der Waals surface area contributed by atoms with Crippen molar-refractivity contribution >= 4 is 27.7 Å². The zero-order valence-electron chi connectivity index (χ0n) is 10.1. The number of carbonyl (C=O) groups is 2. The number of aliphatic carboxylic acids is 1. The normalized spacial score (nSPS) is 13.6. The summed E-state index contributed by atoms with van der Waals surface area (Å²) in [5.41, 5.74) is -0.138. The Morgan fingerprint density at radius 1 is 1.37 bits per heavy atom. The molecule has 1 N–H and O–H groups in total. The van der Waals surface area contributed by atoms with E-state index in [9.17, 15) is 9.59 Å². The Balaban J connectivity index is 2.68. The molecule has 0 radical (unpaired) electrons. The number of Topliss-reactive ketones (excluding diaryl/α,β-unsaturated/α-hetero) is 1. The molecule has 1 aliphatic heterocycles. The second kappa shape index (κ2) is 5.48. The number of ether oxygens (including phenoxy) is 3. The van der Waals surface area contributed by atoms with E-state index in [4.69, 9.17) is 19.3 Å². The number of carboxylic acids is 1. The molecule has 1 aliphatic rings. The molecule has 2 rings (SSSR count). The molecule has 0 aliphatic carbocycles. The lowest BCUT2D eigenvalue weighted by Gasteiger charge is -2.15. The Bertz CT molecular complexity index is 540. The van der Waals surface area contributed by atoms with Crippen LogP contribution in [0.4, 0.5) is 0 Å². The lowest BCUT2D eigenvalue weighted by Crippen LogP contribution is -2.16. The highest BCUT2D eigenvalue weighted by atomic mass is 79.9. The molecule has 0 bridgehead atoms. The summed E-state index contributed by atoms with van der Waals surface area (Å²) in [4.78, 5) is 22.8. The molecule has 1 heterocycles. The van der Waals surface area contributed by atoms with Gasteiger partial charge in [-0.3, -0.25) is 4.79 Å². The van der Waals surface area contributed by atoms with E-state index in [2.05, 4.69) is 15.9 Å². The maximum Gasteiger partial charge on any atom is 0.377 e. The molecule has 0 unspecified atom stereocenters. The number of ketones is 1. The van der Waals surface area contributed by atoms with Gasteiger partial charge in [0.15, 0.2) is 11.5 Å². The van der Waals surface area contributed by atoms with Gasteiger partial charge in [-0.25, -0.2) is 4.79 Å². The molecule has 19 heavy (non-hydrogen) atoms. The van der Waals surface area contributed by atoms with Gasteiger partial charge in [-0.15, -0.1) is 0 Å². The van der Waals surface area contributed by atoms with Crippen molar-refractivity contribution in [3.8, 4) is 17.2 Å². The van der Waals surface area contributed by atoms with Crippen molar-refractivity contribution in [3.63, 3.8) is 0 Å². The van der Waals surface area contributed by atoms with E-state index in [1.54, 1.807) is 6.07 Å². The monoisotopic (exact) mass is 330 g/mol. The Kier molecular flexibility index (Phi) is 3.94. The molecule has 7 heteroatoms. The number of hydrogen-bond acceptors (Lipinski definition) is 5. The largest absolute Gasteiger partial charge is 0.495 e. The van der Waals surface area contributed by atoms with Crippen LogP contribution in [0.1, 0.15) is 16.8 Å². The lowest BCUT2D eigenvalue weighted by atomic mass is 10.1. The van der Waals surface area contributed by atoms with Crippen LogP contribution in [0, 0.1) is 0 Å². The van der Waals surface area contributed by atoms with Gasteiger partial charge in [0, 0.05) is 12.5 Å². The van der Waals surface area contributed by atoms with E-state index >= 15 is 0 Å². The summed E-state index contributed by atoms with van der Waals surface area (Å²) in [5.74, 6) is -2.11. The van der Waals surface area contributed by atoms with Crippen molar-refractivity contribution < 1.29 is 28.9 Å². The van der Waals surface area contributed by atoms with Crippen LogP contribution in [0.2, 0.25) is 0 Å². The third-order valence-corrected chi connectivity index (χ3v) is 3.16. The van der Waals surface area contributed by atoms with Gasteiger partial charge in [0.05, 0.1) is 24.8 Å². The van der Waals surface area contributed by atoms with Gasteiger partial charge in [0.2, 0.25) is 0 Å². The molecule has 0 fully saturated rings. The maximum absolute atomic E-state index is 11.8. The smallest absolute Gasteiger partial charge is 0.377 e. The van der Waals surface area contributed by atoms with Gasteiger partial charge in [-0.1, -0.05) is 0 Å². The standard InChI is InChI=1S/C12H11BrO6/c1-17-10-6(13)5-7-11(19-4-2-3-18-7)8(10)9(14)12(15)16/h5H,2-4H2,1H3,(H,15,16). The van der Waals surface area contributed by atoms with E-state index in [1.165, 1.54) is 7.11 Å². The van der Waals surface area contributed by atoms with Crippen molar-refractivity contribution in [2.75, 3.05) is 20.3 Å². The summed E-state index contributed by atoms with van der Waals surface area (Å²) in [6.07, 6.45) is 0.648. The minimum Gasteiger partial charge on any atom is -0.495 e. The molecular formula is C12H11BrO6. The number of hydrogen-bond donors (Lipinski definition) is 1. The molecule has 0 saturated heterocycles. The molecule has 1 aromatic carbocycles. The number of rotatable bonds is 3. The molecule has 6 nitrogen and oxygen atoms in total. The average Bonchev–Trinajstić information content (AvgIpc) is 2.61. The van der Waals surface area contributed by atoms with Crippen molar-refractivity contribution in [2.24, 2.45) is 0 Å². The molecule has 0 saturated carbocycles. The predicted molar refractivity (Wildman–Crippen MR) is 68.3 cm³/mol. The maximum atomic E-state index is 11.8. The van der Waals surface area contributed by atoms with Crippen LogP contribution in [0.5, 0.6) is 17.2 Å². The summed E-state index contributed by atoms with van der Waals surface area (Å²) in [6.45, 7) is 0.782. The summed E-state index contributed by atoms with van der Waals surface area (Å²) < 4.78 is 16.4. The fraction of sp³-hybridized carbons (Fsp3) is 0.333. The number of carbonyl (C=O) groups excluding carboxylic acids is 1. The zero-order valence-corrected chi connectivity index (χ0v) is 11.7.